The molecule has 18 heavy (non-hydrogen) atoms. The van der Waals surface area contributed by atoms with Crippen LogP contribution in [-0.4, -0.2) is 16.1 Å². The normalized spacial score (nSPS) is 11.8. The van der Waals surface area contributed by atoms with Crippen molar-refractivity contribution in [2.75, 3.05) is 0 Å². The minimum Gasteiger partial charge on any atom is -0.477 e. The molecule has 94 valence electrons. The van der Waals surface area contributed by atoms with Gasteiger partial charge in [-0.15, -0.1) is 0 Å². The highest BCUT2D eigenvalue weighted by atomic mass is 19.4. The van der Waals surface area contributed by atoms with Crippen molar-refractivity contribution < 1.29 is 23.1 Å². The van der Waals surface area contributed by atoms with Crippen molar-refractivity contribution in [3.63, 3.8) is 0 Å². The van der Waals surface area contributed by atoms with Crippen LogP contribution in [-0.2, 0) is 6.18 Å². The first-order valence-electron chi connectivity index (χ1n) is 5.01. The third-order valence-corrected chi connectivity index (χ3v) is 2.49. The summed E-state index contributed by atoms with van der Waals surface area (Å²) in [6, 6.07) is 4.87. The van der Waals surface area contributed by atoms with Crippen LogP contribution in [0.1, 0.15) is 21.6 Å². The summed E-state index contributed by atoms with van der Waals surface area (Å²) in [6.45, 7) is 1.66. The highest BCUT2D eigenvalue weighted by Gasteiger charge is 2.34. The first kappa shape index (κ1) is 12.3. The van der Waals surface area contributed by atoms with Gasteiger partial charge in [-0.25, -0.2) is 9.78 Å². The molecule has 0 aliphatic heterocycles. The molecule has 2 rings (SSSR count). The van der Waals surface area contributed by atoms with Gasteiger partial charge in [-0.3, -0.25) is 0 Å². The summed E-state index contributed by atoms with van der Waals surface area (Å²) in [5.74, 6) is -1.48. The number of aryl methyl sites for hydroxylation is 1. The standard InChI is InChI=1S/C12H8F3NO2/c1-6-2-3-9-7(4-6)8(12(13,14)15)5-10(16-9)11(17)18/h2-5H,1H3,(H,17,18). The van der Waals surface area contributed by atoms with Crippen molar-refractivity contribution >= 4 is 16.9 Å². The number of nitrogens with zero attached hydrogens (tertiary/aromatic N) is 1. The molecule has 0 aliphatic rings. The van der Waals surface area contributed by atoms with E-state index in [2.05, 4.69) is 4.98 Å². The van der Waals surface area contributed by atoms with Gasteiger partial charge in [0.1, 0.15) is 5.69 Å². The Morgan fingerprint density at radius 1 is 1.28 bits per heavy atom. The number of rotatable bonds is 1. The fraction of sp³-hybridized carbons (Fsp3) is 0.167. The molecule has 0 atom stereocenters. The molecule has 1 N–H and O–H groups in total. The van der Waals surface area contributed by atoms with Gasteiger partial charge in [0.2, 0.25) is 0 Å². The van der Waals surface area contributed by atoms with E-state index in [-0.39, 0.29) is 10.9 Å². The van der Waals surface area contributed by atoms with Gasteiger partial charge in [-0.2, -0.15) is 13.2 Å². The summed E-state index contributed by atoms with van der Waals surface area (Å²) in [6.07, 6.45) is -4.61. The van der Waals surface area contributed by atoms with E-state index < -0.39 is 23.4 Å². The molecule has 0 saturated heterocycles. The second kappa shape index (κ2) is 3.97. The van der Waals surface area contributed by atoms with Crippen molar-refractivity contribution in [1.29, 1.82) is 0 Å². The van der Waals surface area contributed by atoms with Gasteiger partial charge in [0.25, 0.3) is 0 Å². The lowest BCUT2D eigenvalue weighted by molar-refractivity contribution is -0.136. The Morgan fingerprint density at radius 2 is 1.94 bits per heavy atom. The van der Waals surface area contributed by atoms with E-state index in [1.807, 2.05) is 0 Å². The molecular weight excluding hydrogens is 247 g/mol. The molecule has 0 bridgehead atoms. The number of benzene rings is 1. The zero-order valence-electron chi connectivity index (χ0n) is 9.25. The van der Waals surface area contributed by atoms with E-state index in [9.17, 15) is 18.0 Å². The molecule has 0 amide bonds. The van der Waals surface area contributed by atoms with E-state index in [4.69, 9.17) is 5.11 Å². The molecule has 0 saturated carbocycles. The number of hydrogen-bond acceptors (Lipinski definition) is 2. The zero-order valence-corrected chi connectivity index (χ0v) is 9.25. The molecule has 0 fully saturated rings. The van der Waals surface area contributed by atoms with Crippen molar-refractivity contribution in [2.45, 2.75) is 13.1 Å². The van der Waals surface area contributed by atoms with E-state index in [0.29, 0.717) is 11.6 Å². The van der Waals surface area contributed by atoms with Crippen LogP contribution in [0.5, 0.6) is 0 Å². The maximum atomic E-state index is 12.9. The lowest BCUT2D eigenvalue weighted by atomic mass is 10.0. The van der Waals surface area contributed by atoms with Gasteiger partial charge in [-0.05, 0) is 25.1 Å². The molecule has 0 aliphatic carbocycles. The quantitative estimate of drug-likeness (QED) is 0.850. The predicted octanol–water partition coefficient (Wildman–Crippen LogP) is 3.26. The largest absolute Gasteiger partial charge is 0.477 e. The molecule has 1 aromatic carbocycles. The van der Waals surface area contributed by atoms with E-state index >= 15 is 0 Å². The lowest BCUT2D eigenvalue weighted by Crippen LogP contribution is -2.10. The first-order valence-corrected chi connectivity index (χ1v) is 5.01. The third kappa shape index (κ3) is 2.13. The van der Waals surface area contributed by atoms with Crippen LogP contribution in [0.4, 0.5) is 13.2 Å². The van der Waals surface area contributed by atoms with Crippen LogP contribution in [0, 0.1) is 6.92 Å². The van der Waals surface area contributed by atoms with E-state index in [1.165, 1.54) is 12.1 Å². The Labute approximate surface area is 99.9 Å². The number of halogens is 3. The number of carbonyl (C=O) groups is 1. The topological polar surface area (TPSA) is 50.2 Å². The summed E-state index contributed by atoms with van der Waals surface area (Å²) in [5, 5.41) is 8.67. The number of aromatic nitrogens is 1. The van der Waals surface area contributed by atoms with Crippen molar-refractivity contribution in [1.82, 2.24) is 4.98 Å². The monoisotopic (exact) mass is 255 g/mol. The molecule has 1 heterocycles. The minimum atomic E-state index is -4.61. The SMILES string of the molecule is Cc1ccc2nc(C(=O)O)cc(C(F)(F)F)c2c1. The number of hydrogen-bond donors (Lipinski definition) is 1. The smallest absolute Gasteiger partial charge is 0.417 e. The molecule has 2 aromatic rings. The van der Waals surface area contributed by atoms with Gasteiger partial charge < -0.3 is 5.11 Å². The number of pyridine rings is 1. The van der Waals surface area contributed by atoms with Crippen LogP contribution in [0.15, 0.2) is 24.3 Å². The summed E-state index contributed by atoms with van der Waals surface area (Å²) in [4.78, 5) is 14.5. The number of alkyl halides is 3. The summed E-state index contributed by atoms with van der Waals surface area (Å²) < 4.78 is 38.6. The lowest BCUT2D eigenvalue weighted by Gasteiger charge is -2.11. The fourth-order valence-electron chi connectivity index (χ4n) is 1.68. The summed E-state index contributed by atoms with van der Waals surface area (Å²) in [5.41, 5.74) is -0.919. The molecule has 3 nitrogen and oxygen atoms in total. The van der Waals surface area contributed by atoms with E-state index in [0.717, 1.165) is 0 Å². The fourth-order valence-corrected chi connectivity index (χ4v) is 1.68. The average Bonchev–Trinajstić information content (AvgIpc) is 2.26. The summed E-state index contributed by atoms with van der Waals surface area (Å²) >= 11 is 0. The first-order chi connectivity index (χ1) is 8.29. The number of carboxylic acids is 1. The Bertz CT molecular complexity index is 635. The second-order valence-electron chi connectivity index (χ2n) is 3.88. The molecule has 6 heteroatoms. The highest BCUT2D eigenvalue weighted by Crippen LogP contribution is 2.35. The van der Waals surface area contributed by atoms with Crippen molar-refractivity contribution in [3.05, 3.63) is 41.1 Å². The number of aromatic carboxylic acids is 1. The molecular formula is C12H8F3NO2. The number of carboxylic acid groups (broad SMARTS) is 1. The van der Waals surface area contributed by atoms with Gasteiger partial charge in [0.15, 0.2) is 0 Å². The maximum Gasteiger partial charge on any atom is 0.417 e. The van der Waals surface area contributed by atoms with E-state index in [1.54, 1.807) is 13.0 Å². The molecule has 0 unspecified atom stereocenters. The maximum absolute atomic E-state index is 12.9. The summed E-state index contributed by atoms with van der Waals surface area (Å²) in [7, 11) is 0. The molecule has 0 spiro atoms. The number of fused-ring (bicyclic) bond motifs is 1. The van der Waals surface area contributed by atoms with Crippen molar-refractivity contribution in [2.24, 2.45) is 0 Å². The van der Waals surface area contributed by atoms with Gasteiger partial charge in [-0.1, -0.05) is 11.6 Å². The Hall–Kier alpha value is -2.11. The second-order valence-corrected chi connectivity index (χ2v) is 3.88. The third-order valence-electron chi connectivity index (χ3n) is 2.49. The molecule has 1 aromatic heterocycles. The van der Waals surface area contributed by atoms with Gasteiger partial charge in [0.05, 0.1) is 11.1 Å². The average molecular weight is 255 g/mol. The van der Waals surface area contributed by atoms with Crippen LogP contribution in [0.3, 0.4) is 0 Å². The van der Waals surface area contributed by atoms with Crippen molar-refractivity contribution in [3.8, 4) is 0 Å². The van der Waals surface area contributed by atoms with Crippen LogP contribution >= 0.6 is 0 Å². The van der Waals surface area contributed by atoms with Gasteiger partial charge >= 0.3 is 12.1 Å². The minimum absolute atomic E-state index is 0.0211. The zero-order chi connectivity index (χ0) is 13.5. The van der Waals surface area contributed by atoms with Gasteiger partial charge in [0, 0.05) is 5.39 Å². The Morgan fingerprint density at radius 3 is 2.50 bits per heavy atom. The Balaban J connectivity index is 2.86. The van der Waals surface area contributed by atoms with Crippen LogP contribution in [0.25, 0.3) is 10.9 Å². The predicted molar refractivity (Wildman–Crippen MR) is 58.4 cm³/mol. The Kier molecular flexibility index (Phi) is 2.73. The molecule has 0 radical (unpaired) electrons. The van der Waals surface area contributed by atoms with Crippen LogP contribution in [0.2, 0.25) is 0 Å². The highest BCUT2D eigenvalue weighted by molar-refractivity contribution is 5.92. The van der Waals surface area contributed by atoms with Crippen LogP contribution < -0.4 is 0 Å².